The van der Waals surface area contributed by atoms with Crippen LogP contribution in [0, 0.1) is 24.0 Å². The minimum atomic E-state index is -0.441. The maximum atomic E-state index is 12.3. The number of thioether (sulfide) groups is 1. The first-order chi connectivity index (χ1) is 13.9. The van der Waals surface area contributed by atoms with Crippen molar-refractivity contribution in [1.82, 2.24) is 14.8 Å². The van der Waals surface area contributed by atoms with E-state index in [1.165, 1.54) is 23.9 Å². The van der Waals surface area contributed by atoms with Crippen LogP contribution in [0.1, 0.15) is 18.1 Å². The van der Waals surface area contributed by atoms with E-state index in [-0.39, 0.29) is 17.3 Å². The number of hydrogen-bond donors (Lipinski definition) is 1. The molecule has 150 valence electrons. The van der Waals surface area contributed by atoms with E-state index >= 15 is 0 Å². The number of benzene rings is 2. The van der Waals surface area contributed by atoms with Crippen molar-refractivity contribution < 1.29 is 9.72 Å². The third-order valence-corrected chi connectivity index (χ3v) is 5.17. The van der Waals surface area contributed by atoms with Gasteiger partial charge in [0.15, 0.2) is 11.0 Å². The van der Waals surface area contributed by atoms with Gasteiger partial charge < -0.3 is 9.88 Å². The highest BCUT2D eigenvalue weighted by Gasteiger charge is 2.16. The number of aryl methyl sites for hydroxylation is 2. The standard InChI is InChI=1S/C20H21N5O3S/c1-4-24-19(15-5-7-17(8-6-15)25(27)28)22-23-20(24)29-12-18(26)21-16-10-13(2)9-14(3)11-16/h5-11H,4,12H2,1-3H3,(H,21,26). The number of nitro benzene ring substituents is 1. The predicted octanol–water partition coefficient (Wildman–Crippen LogP) is 4.22. The van der Waals surface area contributed by atoms with Crippen LogP contribution in [0.3, 0.4) is 0 Å². The number of amides is 1. The third kappa shape index (κ3) is 5.00. The number of anilines is 1. The Balaban J connectivity index is 1.70. The Labute approximate surface area is 172 Å². The van der Waals surface area contributed by atoms with Crippen LogP contribution in [-0.2, 0) is 11.3 Å². The SMILES string of the molecule is CCn1c(SCC(=O)Nc2cc(C)cc(C)c2)nnc1-c1ccc([N+](=O)[O-])cc1. The fourth-order valence-corrected chi connectivity index (χ4v) is 3.80. The number of rotatable bonds is 7. The Morgan fingerprint density at radius 1 is 1.14 bits per heavy atom. The molecule has 0 atom stereocenters. The van der Waals surface area contributed by atoms with Crippen LogP contribution in [-0.4, -0.2) is 31.3 Å². The molecule has 0 unspecified atom stereocenters. The number of carbonyl (C=O) groups excluding carboxylic acids is 1. The molecule has 1 N–H and O–H groups in total. The fourth-order valence-electron chi connectivity index (χ4n) is 3.00. The molecule has 2 aromatic carbocycles. The number of nitrogens with one attached hydrogen (secondary N) is 1. The zero-order chi connectivity index (χ0) is 21.0. The lowest BCUT2D eigenvalue weighted by molar-refractivity contribution is -0.384. The largest absolute Gasteiger partial charge is 0.325 e. The molecule has 0 saturated heterocycles. The molecule has 3 rings (SSSR count). The molecule has 3 aromatic rings. The Bertz CT molecular complexity index is 1030. The molecular formula is C20H21N5O3S. The highest BCUT2D eigenvalue weighted by Crippen LogP contribution is 2.25. The van der Waals surface area contributed by atoms with Gasteiger partial charge in [-0.2, -0.15) is 0 Å². The lowest BCUT2D eigenvalue weighted by Crippen LogP contribution is -2.15. The molecule has 0 bridgehead atoms. The van der Waals surface area contributed by atoms with Crippen molar-refractivity contribution in [3.05, 3.63) is 63.7 Å². The first kappa shape index (κ1) is 20.5. The zero-order valence-electron chi connectivity index (χ0n) is 16.4. The topological polar surface area (TPSA) is 103 Å². The highest BCUT2D eigenvalue weighted by molar-refractivity contribution is 7.99. The van der Waals surface area contributed by atoms with Crippen molar-refractivity contribution in [3.63, 3.8) is 0 Å². The van der Waals surface area contributed by atoms with E-state index in [1.54, 1.807) is 12.1 Å². The number of nitro groups is 1. The summed E-state index contributed by atoms with van der Waals surface area (Å²) in [4.78, 5) is 22.7. The average molecular weight is 411 g/mol. The summed E-state index contributed by atoms with van der Waals surface area (Å²) in [6.45, 7) is 6.54. The molecule has 9 heteroatoms. The van der Waals surface area contributed by atoms with Crippen molar-refractivity contribution in [2.75, 3.05) is 11.1 Å². The van der Waals surface area contributed by atoms with Gasteiger partial charge in [0.05, 0.1) is 10.7 Å². The molecule has 0 aliphatic rings. The Morgan fingerprint density at radius 3 is 2.38 bits per heavy atom. The molecule has 1 aromatic heterocycles. The molecule has 29 heavy (non-hydrogen) atoms. The van der Waals surface area contributed by atoms with Crippen molar-refractivity contribution in [2.24, 2.45) is 0 Å². The Morgan fingerprint density at radius 2 is 1.79 bits per heavy atom. The van der Waals surface area contributed by atoms with Gasteiger partial charge in [0, 0.05) is 29.9 Å². The fraction of sp³-hybridized carbons (Fsp3) is 0.250. The van der Waals surface area contributed by atoms with Gasteiger partial charge in [-0.05, 0) is 56.2 Å². The molecule has 0 aliphatic carbocycles. The van der Waals surface area contributed by atoms with Crippen LogP contribution in [0.25, 0.3) is 11.4 Å². The number of carbonyl (C=O) groups is 1. The highest BCUT2D eigenvalue weighted by atomic mass is 32.2. The number of aromatic nitrogens is 3. The van der Waals surface area contributed by atoms with Crippen LogP contribution in [0.5, 0.6) is 0 Å². The van der Waals surface area contributed by atoms with Gasteiger partial charge in [0.25, 0.3) is 5.69 Å². The second kappa shape index (κ2) is 8.87. The average Bonchev–Trinajstić information content (AvgIpc) is 3.08. The molecule has 8 nitrogen and oxygen atoms in total. The summed E-state index contributed by atoms with van der Waals surface area (Å²) in [5, 5.41) is 22.7. The van der Waals surface area contributed by atoms with Gasteiger partial charge in [0.1, 0.15) is 0 Å². The van der Waals surface area contributed by atoms with Crippen LogP contribution in [0.2, 0.25) is 0 Å². The van der Waals surface area contributed by atoms with Crippen LogP contribution < -0.4 is 5.32 Å². The van der Waals surface area contributed by atoms with Crippen LogP contribution >= 0.6 is 11.8 Å². The summed E-state index contributed by atoms with van der Waals surface area (Å²) >= 11 is 1.30. The van der Waals surface area contributed by atoms with E-state index in [0.29, 0.717) is 17.5 Å². The summed E-state index contributed by atoms with van der Waals surface area (Å²) in [6.07, 6.45) is 0. The maximum Gasteiger partial charge on any atom is 0.269 e. The minimum absolute atomic E-state index is 0.0222. The molecular weight excluding hydrogens is 390 g/mol. The van der Waals surface area contributed by atoms with E-state index in [1.807, 2.05) is 43.5 Å². The maximum absolute atomic E-state index is 12.3. The Kier molecular flexibility index (Phi) is 6.28. The van der Waals surface area contributed by atoms with Crippen LogP contribution in [0.15, 0.2) is 47.6 Å². The number of non-ortho nitro benzene ring substituents is 1. The second-order valence-electron chi connectivity index (χ2n) is 6.57. The molecule has 1 amide bonds. The second-order valence-corrected chi connectivity index (χ2v) is 7.51. The summed E-state index contributed by atoms with van der Waals surface area (Å²) in [6, 6.07) is 12.1. The van der Waals surface area contributed by atoms with Gasteiger partial charge in [-0.25, -0.2) is 0 Å². The van der Waals surface area contributed by atoms with E-state index in [9.17, 15) is 14.9 Å². The van der Waals surface area contributed by atoms with Gasteiger partial charge >= 0.3 is 0 Å². The molecule has 0 radical (unpaired) electrons. The molecule has 0 saturated carbocycles. The van der Waals surface area contributed by atoms with Crippen molar-refractivity contribution in [2.45, 2.75) is 32.5 Å². The lowest BCUT2D eigenvalue weighted by atomic mass is 10.1. The van der Waals surface area contributed by atoms with E-state index in [2.05, 4.69) is 15.5 Å². The van der Waals surface area contributed by atoms with Crippen molar-refractivity contribution in [3.8, 4) is 11.4 Å². The van der Waals surface area contributed by atoms with Gasteiger partial charge in [-0.1, -0.05) is 17.8 Å². The molecule has 0 fully saturated rings. The third-order valence-electron chi connectivity index (χ3n) is 4.21. The van der Waals surface area contributed by atoms with Gasteiger partial charge in [0.2, 0.25) is 5.91 Å². The summed E-state index contributed by atoms with van der Waals surface area (Å²) < 4.78 is 1.88. The van der Waals surface area contributed by atoms with Crippen molar-refractivity contribution >= 4 is 29.0 Å². The summed E-state index contributed by atoms with van der Waals surface area (Å²) in [5.41, 5.74) is 3.71. The smallest absolute Gasteiger partial charge is 0.269 e. The zero-order valence-corrected chi connectivity index (χ0v) is 17.2. The quantitative estimate of drug-likeness (QED) is 0.355. The first-order valence-electron chi connectivity index (χ1n) is 9.06. The number of nitrogens with zero attached hydrogens (tertiary/aromatic N) is 4. The normalized spacial score (nSPS) is 10.7. The molecule has 0 spiro atoms. The molecule has 1 heterocycles. The van der Waals surface area contributed by atoms with Crippen molar-refractivity contribution in [1.29, 1.82) is 0 Å². The molecule has 0 aliphatic heterocycles. The summed E-state index contributed by atoms with van der Waals surface area (Å²) in [5.74, 6) is 0.688. The van der Waals surface area contributed by atoms with Gasteiger partial charge in [-0.15, -0.1) is 10.2 Å². The monoisotopic (exact) mass is 411 g/mol. The first-order valence-corrected chi connectivity index (χ1v) is 10.0. The predicted molar refractivity (Wildman–Crippen MR) is 113 cm³/mol. The lowest BCUT2D eigenvalue weighted by Gasteiger charge is -2.09. The van der Waals surface area contributed by atoms with Gasteiger partial charge in [-0.3, -0.25) is 14.9 Å². The van der Waals surface area contributed by atoms with Crippen LogP contribution in [0.4, 0.5) is 11.4 Å². The number of hydrogen-bond acceptors (Lipinski definition) is 6. The van der Waals surface area contributed by atoms with E-state index < -0.39 is 4.92 Å². The van der Waals surface area contributed by atoms with E-state index in [0.717, 1.165) is 22.4 Å². The minimum Gasteiger partial charge on any atom is -0.325 e. The Hall–Kier alpha value is -3.20. The van der Waals surface area contributed by atoms with E-state index in [4.69, 9.17) is 0 Å². The summed E-state index contributed by atoms with van der Waals surface area (Å²) in [7, 11) is 0.